The zero-order valence-electron chi connectivity index (χ0n) is 10.6. The summed E-state index contributed by atoms with van der Waals surface area (Å²) in [6, 6.07) is 5.13. The number of carbonyl (C=O) groups excluding carboxylic acids is 1. The number of aliphatic hydroxyl groups excluding tert-OH is 1. The number of likely N-dealkylation sites (tertiary alicyclic amines) is 1. The van der Waals surface area contributed by atoms with Crippen LogP contribution in [0.15, 0.2) is 22.7 Å². The number of nitrogens with one attached hydrogen (secondary N) is 1. The lowest BCUT2D eigenvalue weighted by Crippen LogP contribution is -2.34. The average Bonchev–Trinajstić information content (AvgIpc) is 2.83. The van der Waals surface area contributed by atoms with E-state index in [4.69, 9.17) is 11.6 Å². The molecule has 2 unspecified atom stereocenters. The molecule has 0 bridgehead atoms. The molecule has 2 N–H and O–H groups in total. The predicted molar refractivity (Wildman–Crippen MR) is 79.5 cm³/mol. The number of rotatable bonds is 2. The molecule has 0 spiro atoms. The Morgan fingerprint density at radius 2 is 2.37 bits per heavy atom. The fraction of sp³-hybridized carbons (Fsp3) is 0.462. The topological polar surface area (TPSA) is 52.6 Å². The number of carbonyl (C=O) groups is 1. The van der Waals surface area contributed by atoms with Gasteiger partial charge in [0, 0.05) is 29.2 Å². The van der Waals surface area contributed by atoms with Gasteiger partial charge in [-0.2, -0.15) is 0 Å². The van der Waals surface area contributed by atoms with Gasteiger partial charge in [-0.25, -0.2) is 4.79 Å². The fourth-order valence-electron chi connectivity index (χ4n) is 2.14. The molecule has 1 saturated heterocycles. The molecule has 1 fully saturated rings. The number of amides is 2. The number of aliphatic hydroxyl groups is 1. The Morgan fingerprint density at radius 3 is 2.95 bits per heavy atom. The fourth-order valence-corrected chi connectivity index (χ4v) is 2.57. The van der Waals surface area contributed by atoms with Crippen LogP contribution in [0.1, 0.15) is 13.3 Å². The van der Waals surface area contributed by atoms with E-state index in [2.05, 4.69) is 21.2 Å². The Bertz CT molecular complexity index is 482. The summed E-state index contributed by atoms with van der Waals surface area (Å²) in [5.74, 6) is 0.166. The number of anilines is 1. The van der Waals surface area contributed by atoms with E-state index in [0.717, 1.165) is 10.9 Å². The molecule has 1 aromatic rings. The second-order valence-corrected chi connectivity index (χ2v) is 6.06. The van der Waals surface area contributed by atoms with E-state index in [1.165, 1.54) is 0 Å². The molecule has 0 radical (unpaired) electrons. The van der Waals surface area contributed by atoms with Gasteiger partial charge < -0.3 is 15.3 Å². The summed E-state index contributed by atoms with van der Waals surface area (Å²) in [6.45, 7) is 3.03. The molecular formula is C13H16BrClN2O2. The summed E-state index contributed by atoms with van der Waals surface area (Å²) in [6.07, 6.45) is 0.464. The zero-order chi connectivity index (χ0) is 14.0. The predicted octanol–water partition coefficient (Wildman–Crippen LogP) is 3.34. The van der Waals surface area contributed by atoms with Crippen LogP contribution in [0.3, 0.4) is 0 Å². The molecule has 19 heavy (non-hydrogen) atoms. The summed E-state index contributed by atoms with van der Waals surface area (Å²) in [4.78, 5) is 13.8. The first-order valence-corrected chi connectivity index (χ1v) is 7.33. The van der Waals surface area contributed by atoms with Gasteiger partial charge in [-0.3, -0.25) is 0 Å². The minimum atomic E-state index is -0.375. The third kappa shape index (κ3) is 3.61. The summed E-state index contributed by atoms with van der Waals surface area (Å²) in [5.41, 5.74) is 0.665. The molecule has 0 saturated carbocycles. The standard InChI is InChI=1S/C13H16BrClN2O2/c1-8(18)9-4-5-17(7-9)13(19)16-10-2-3-11(14)12(15)6-10/h2-3,6,8-9,18H,4-5,7H2,1H3,(H,16,19). The monoisotopic (exact) mass is 346 g/mol. The van der Waals surface area contributed by atoms with Gasteiger partial charge in [-0.15, -0.1) is 0 Å². The van der Waals surface area contributed by atoms with Gasteiger partial charge >= 0.3 is 6.03 Å². The third-order valence-corrected chi connectivity index (χ3v) is 4.60. The molecule has 104 valence electrons. The highest BCUT2D eigenvalue weighted by Crippen LogP contribution is 2.26. The second kappa shape index (κ2) is 6.11. The molecule has 2 amide bonds. The molecule has 0 aromatic heterocycles. The van der Waals surface area contributed by atoms with Crippen LogP contribution in [0.5, 0.6) is 0 Å². The van der Waals surface area contributed by atoms with Crippen LogP contribution in [0.2, 0.25) is 5.02 Å². The molecule has 1 heterocycles. The quantitative estimate of drug-likeness (QED) is 0.862. The van der Waals surface area contributed by atoms with Crippen molar-refractivity contribution in [2.24, 2.45) is 5.92 Å². The SMILES string of the molecule is CC(O)C1CCN(C(=O)Nc2ccc(Br)c(Cl)c2)C1. The molecule has 1 aliphatic rings. The summed E-state index contributed by atoms with van der Waals surface area (Å²) in [7, 11) is 0. The van der Waals surface area contributed by atoms with Crippen LogP contribution >= 0.6 is 27.5 Å². The number of hydrogen-bond donors (Lipinski definition) is 2. The highest BCUT2D eigenvalue weighted by atomic mass is 79.9. The van der Waals surface area contributed by atoms with Crippen molar-refractivity contribution in [3.8, 4) is 0 Å². The number of urea groups is 1. The van der Waals surface area contributed by atoms with Crippen molar-refractivity contribution in [3.05, 3.63) is 27.7 Å². The van der Waals surface area contributed by atoms with Gasteiger partial charge in [0.25, 0.3) is 0 Å². The van der Waals surface area contributed by atoms with E-state index in [1.807, 2.05) is 0 Å². The molecular weight excluding hydrogens is 332 g/mol. The molecule has 6 heteroatoms. The maximum atomic E-state index is 12.1. The van der Waals surface area contributed by atoms with E-state index in [9.17, 15) is 9.90 Å². The lowest BCUT2D eigenvalue weighted by atomic mass is 10.0. The lowest BCUT2D eigenvalue weighted by molar-refractivity contribution is 0.130. The van der Waals surface area contributed by atoms with E-state index in [-0.39, 0.29) is 18.1 Å². The minimum absolute atomic E-state index is 0.151. The number of halogens is 2. The third-order valence-electron chi connectivity index (χ3n) is 3.37. The van der Waals surface area contributed by atoms with Gasteiger partial charge in [0.15, 0.2) is 0 Å². The largest absolute Gasteiger partial charge is 0.393 e. The van der Waals surface area contributed by atoms with Gasteiger partial charge in [-0.05, 0) is 47.5 Å². The van der Waals surface area contributed by atoms with Gasteiger partial charge in [-0.1, -0.05) is 11.6 Å². The number of benzene rings is 1. The Hall–Kier alpha value is -0.780. The Morgan fingerprint density at radius 1 is 1.63 bits per heavy atom. The first kappa shape index (κ1) is 14.6. The van der Waals surface area contributed by atoms with Crippen molar-refractivity contribution in [3.63, 3.8) is 0 Å². The lowest BCUT2D eigenvalue weighted by Gasteiger charge is -2.18. The van der Waals surface area contributed by atoms with Crippen molar-refractivity contribution < 1.29 is 9.90 Å². The van der Waals surface area contributed by atoms with E-state index < -0.39 is 0 Å². The first-order valence-electron chi connectivity index (χ1n) is 6.16. The van der Waals surface area contributed by atoms with E-state index in [0.29, 0.717) is 23.8 Å². The average molecular weight is 348 g/mol. The Balaban J connectivity index is 1.96. The summed E-state index contributed by atoms with van der Waals surface area (Å²) in [5, 5.41) is 12.9. The molecule has 4 nitrogen and oxygen atoms in total. The van der Waals surface area contributed by atoms with Crippen molar-refractivity contribution in [2.45, 2.75) is 19.4 Å². The van der Waals surface area contributed by atoms with Crippen molar-refractivity contribution in [1.82, 2.24) is 4.90 Å². The Labute approximate surface area is 125 Å². The zero-order valence-corrected chi connectivity index (χ0v) is 12.9. The van der Waals surface area contributed by atoms with Gasteiger partial charge in [0.1, 0.15) is 0 Å². The molecule has 1 aromatic carbocycles. The maximum absolute atomic E-state index is 12.1. The van der Waals surface area contributed by atoms with E-state index in [1.54, 1.807) is 30.0 Å². The second-order valence-electron chi connectivity index (χ2n) is 4.79. The van der Waals surface area contributed by atoms with Crippen molar-refractivity contribution >= 4 is 39.2 Å². The van der Waals surface area contributed by atoms with Crippen molar-refractivity contribution in [1.29, 1.82) is 0 Å². The first-order chi connectivity index (χ1) is 8.97. The molecule has 2 rings (SSSR count). The maximum Gasteiger partial charge on any atom is 0.321 e. The summed E-state index contributed by atoms with van der Waals surface area (Å²) >= 11 is 9.28. The van der Waals surface area contributed by atoms with Crippen LogP contribution in [-0.2, 0) is 0 Å². The molecule has 0 aliphatic carbocycles. The highest BCUT2D eigenvalue weighted by Gasteiger charge is 2.29. The molecule has 1 aliphatic heterocycles. The van der Waals surface area contributed by atoms with Gasteiger partial charge in [0.2, 0.25) is 0 Å². The summed E-state index contributed by atoms with van der Waals surface area (Å²) < 4.78 is 0.794. The van der Waals surface area contributed by atoms with Crippen molar-refractivity contribution in [2.75, 3.05) is 18.4 Å². The van der Waals surface area contributed by atoms with Crippen LogP contribution < -0.4 is 5.32 Å². The van der Waals surface area contributed by atoms with Crippen LogP contribution in [0, 0.1) is 5.92 Å². The Kier molecular flexibility index (Phi) is 4.71. The van der Waals surface area contributed by atoms with Crippen LogP contribution in [-0.4, -0.2) is 35.2 Å². The highest BCUT2D eigenvalue weighted by molar-refractivity contribution is 9.10. The number of nitrogens with zero attached hydrogens (tertiary/aromatic N) is 1. The number of hydrogen-bond acceptors (Lipinski definition) is 2. The van der Waals surface area contributed by atoms with Gasteiger partial charge in [0.05, 0.1) is 11.1 Å². The van der Waals surface area contributed by atoms with Crippen LogP contribution in [0.25, 0.3) is 0 Å². The van der Waals surface area contributed by atoms with Crippen LogP contribution in [0.4, 0.5) is 10.5 Å². The van der Waals surface area contributed by atoms with E-state index >= 15 is 0 Å². The minimum Gasteiger partial charge on any atom is -0.393 e. The smallest absolute Gasteiger partial charge is 0.321 e. The normalized spacial score (nSPS) is 20.4. The molecule has 2 atom stereocenters.